The number of nitrogen functional groups attached to an aromatic ring is 4. The number of hydrogen-bond acceptors (Lipinski definition) is 14. The molecule has 394 valence electrons. The van der Waals surface area contributed by atoms with Crippen LogP contribution in [-0.2, 0) is 51.2 Å². The molecule has 4 aromatic carbocycles. The second kappa shape index (κ2) is 31.7. The molecule has 14 heteroatoms. The van der Waals surface area contributed by atoms with E-state index < -0.39 is 11.9 Å². The predicted octanol–water partition coefficient (Wildman–Crippen LogP) is 11.7. The second-order valence-electron chi connectivity index (χ2n) is 19.0. The number of unbranched alkanes of at least 4 members (excludes halogenated alkanes) is 7. The van der Waals surface area contributed by atoms with Crippen molar-refractivity contribution in [2.75, 3.05) is 36.1 Å². The highest BCUT2D eigenvalue weighted by molar-refractivity contribution is 5.91. The quantitative estimate of drug-likeness (QED) is 0.0159. The SMILES string of the molecule is CCCCCCCOC1CCC(OC(=O)c2ccc(/C=C/C(=O)OCc3cc(N)cc(N)c3)cc2)CC1.CCCCCCOC1CCC(OC(=O)c2ccc(/C=C/C(=O)OCc3cc(N)cc(N)c3)cc2)CC1. The molecule has 14 nitrogen and oxygen atoms in total. The Bertz CT molecular complexity index is 2330. The van der Waals surface area contributed by atoms with Crippen molar-refractivity contribution in [1.82, 2.24) is 0 Å². The van der Waals surface area contributed by atoms with Crippen LogP contribution in [0.5, 0.6) is 0 Å². The van der Waals surface area contributed by atoms with E-state index in [-0.39, 0.29) is 49.6 Å². The Kier molecular flexibility index (Phi) is 24.9. The molecule has 8 N–H and O–H groups in total. The van der Waals surface area contributed by atoms with Crippen LogP contribution in [0.15, 0.2) is 97.1 Å². The van der Waals surface area contributed by atoms with Crippen LogP contribution in [0.3, 0.4) is 0 Å². The van der Waals surface area contributed by atoms with Gasteiger partial charge in [-0.15, -0.1) is 0 Å². The maximum atomic E-state index is 12.6. The summed E-state index contributed by atoms with van der Waals surface area (Å²) in [4.78, 5) is 49.2. The number of ether oxygens (including phenoxy) is 6. The lowest BCUT2D eigenvalue weighted by molar-refractivity contribution is -0.139. The topological polar surface area (TPSA) is 228 Å². The average molecular weight is 1000 g/mol. The number of rotatable bonds is 25. The van der Waals surface area contributed by atoms with E-state index in [0.717, 1.165) is 99.7 Å². The van der Waals surface area contributed by atoms with Gasteiger partial charge in [-0.1, -0.05) is 83.1 Å². The number of esters is 4. The van der Waals surface area contributed by atoms with Gasteiger partial charge in [0.05, 0.1) is 23.3 Å². The fourth-order valence-electron chi connectivity index (χ4n) is 8.66. The van der Waals surface area contributed by atoms with Crippen LogP contribution >= 0.6 is 0 Å². The number of carbonyl (C=O) groups is 4. The fraction of sp³-hybridized carbons (Fsp3) is 0.458. The normalized spacial score (nSPS) is 17.6. The number of nitrogens with two attached hydrogens (primary N) is 4. The molecule has 4 aromatic rings. The van der Waals surface area contributed by atoms with Crippen molar-refractivity contribution in [2.45, 2.75) is 161 Å². The molecule has 0 amide bonds. The Morgan fingerprint density at radius 3 is 1.14 bits per heavy atom. The molecule has 0 heterocycles. The molecular formula is C59H78N4O10. The van der Waals surface area contributed by atoms with Crippen molar-refractivity contribution >= 4 is 58.8 Å². The third-order valence-corrected chi connectivity index (χ3v) is 12.7. The molecule has 2 aliphatic rings. The van der Waals surface area contributed by atoms with Crippen molar-refractivity contribution in [3.05, 3.63) is 130 Å². The van der Waals surface area contributed by atoms with E-state index in [9.17, 15) is 19.2 Å². The van der Waals surface area contributed by atoms with Crippen LogP contribution < -0.4 is 22.9 Å². The first-order valence-corrected chi connectivity index (χ1v) is 26.2. The van der Waals surface area contributed by atoms with Gasteiger partial charge >= 0.3 is 23.9 Å². The van der Waals surface area contributed by atoms with E-state index in [4.69, 9.17) is 51.4 Å². The Balaban J connectivity index is 0.000000271. The molecule has 0 bridgehead atoms. The van der Waals surface area contributed by atoms with Gasteiger partial charge in [0.1, 0.15) is 25.4 Å². The maximum Gasteiger partial charge on any atom is 0.338 e. The van der Waals surface area contributed by atoms with Crippen LogP contribution in [0.1, 0.15) is 166 Å². The zero-order chi connectivity index (χ0) is 52.2. The summed E-state index contributed by atoms with van der Waals surface area (Å²) in [6, 6.07) is 24.0. The molecule has 2 saturated carbocycles. The zero-order valence-electron chi connectivity index (χ0n) is 42.9. The molecule has 0 radical (unpaired) electrons. The predicted molar refractivity (Wildman–Crippen MR) is 289 cm³/mol. The molecule has 0 spiro atoms. The van der Waals surface area contributed by atoms with Crippen molar-refractivity contribution in [2.24, 2.45) is 0 Å². The Labute approximate surface area is 432 Å². The van der Waals surface area contributed by atoms with E-state index >= 15 is 0 Å². The average Bonchev–Trinajstić information content (AvgIpc) is 3.38. The summed E-state index contributed by atoms with van der Waals surface area (Å²) in [5, 5.41) is 0. The zero-order valence-corrected chi connectivity index (χ0v) is 42.9. The summed E-state index contributed by atoms with van der Waals surface area (Å²) >= 11 is 0. The molecule has 0 aliphatic heterocycles. The number of carbonyl (C=O) groups excluding carboxylic acids is 4. The van der Waals surface area contributed by atoms with Crippen LogP contribution in [0.25, 0.3) is 12.2 Å². The van der Waals surface area contributed by atoms with Crippen LogP contribution in [0.2, 0.25) is 0 Å². The summed E-state index contributed by atoms with van der Waals surface area (Å²) in [6.07, 6.45) is 24.4. The summed E-state index contributed by atoms with van der Waals surface area (Å²) < 4.78 is 33.9. The minimum Gasteiger partial charge on any atom is -0.459 e. The van der Waals surface area contributed by atoms with Gasteiger partial charge in [0.25, 0.3) is 0 Å². The molecule has 73 heavy (non-hydrogen) atoms. The third kappa shape index (κ3) is 22.3. The first-order valence-electron chi connectivity index (χ1n) is 26.2. The Morgan fingerprint density at radius 1 is 0.452 bits per heavy atom. The van der Waals surface area contributed by atoms with E-state index in [1.165, 1.54) is 57.1 Å². The van der Waals surface area contributed by atoms with Gasteiger partial charge in [-0.05, 0) is 159 Å². The maximum absolute atomic E-state index is 12.6. The van der Waals surface area contributed by atoms with Gasteiger partial charge in [0, 0.05) is 48.1 Å². The summed E-state index contributed by atoms with van der Waals surface area (Å²) in [5.41, 5.74) is 29.0. The fourth-order valence-corrected chi connectivity index (χ4v) is 8.66. The Morgan fingerprint density at radius 2 is 0.781 bits per heavy atom. The minimum absolute atomic E-state index is 0.0675. The van der Waals surface area contributed by atoms with E-state index in [1.54, 1.807) is 97.1 Å². The molecule has 0 atom stereocenters. The van der Waals surface area contributed by atoms with Crippen LogP contribution in [0, 0.1) is 0 Å². The van der Waals surface area contributed by atoms with E-state index in [1.807, 2.05) is 0 Å². The summed E-state index contributed by atoms with van der Waals surface area (Å²) in [6.45, 7) is 6.24. The van der Waals surface area contributed by atoms with Gasteiger partial charge in [0.2, 0.25) is 0 Å². The molecule has 2 fully saturated rings. The van der Waals surface area contributed by atoms with Crippen molar-refractivity contribution in [3.63, 3.8) is 0 Å². The van der Waals surface area contributed by atoms with Gasteiger partial charge in [-0.25, -0.2) is 19.2 Å². The van der Waals surface area contributed by atoms with Gasteiger partial charge in [0.15, 0.2) is 0 Å². The highest BCUT2D eigenvalue weighted by atomic mass is 16.6. The second-order valence-corrected chi connectivity index (χ2v) is 19.0. The molecular weight excluding hydrogens is 925 g/mol. The van der Waals surface area contributed by atoms with Gasteiger partial charge < -0.3 is 51.4 Å². The lowest BCUT2D eigenvalue weighted by Crippen LogP contribution is -2.28. The lowest BCUT2D eigenvalue weighted by atomic mass is 9.95. The van der Waals surface area contributed by atoms with Crippen LogP contribution in [0.4, 0.5) is 22.7 Å². The van der Waals surface area contributed by atoms with Crippen molar-refractivity contribution in [1.29, 1.82) is 0 Å². The minimum atomic E-state index is -0.486. The smallest absolute Gasteiger partial charge is 0.338 e. The molecule has 2 aliphatic carbocycles. The van der Waals surface area contributed by atoms with Crippen LogP contribution in [-0.4, -0.2) is 61.5 Å². The van der Waals surface area contributed by atoms with Gasteiger partial charge in [-0.2, -0.15) is 0 Å². The molecule has 0 aromatic heterocycles. The molecule has 0 saturated heterocycles. The van der Waals surface area contributed by atoms with E-state index in [2.05, 4.69) is 13.8 Å². The highest BCUT2D eigenvalue weighted by Crippen LogP contribution is 2.27. The first-order chi connectivity index (χ1) is 35.3. The highest BCUT2D eigenvalue weighted by Gasteiger charge is 2.26. The third-order valence-electron chi connectivity index (χ3n) is 12.7. The van der Waals surface area contributed by atoms with E-state index in [0.29, 0.717) is 33.9 Å². The lowest BCUT2D eigenvalue weighted by Gasteiger charge is -2.28. The summed E-state index contributed by atoms with van der Waals surface area (Å²) in [7, 11) is 0. The number of anilines is 4. The van der Waals surface area contributed by atoms with Crippen molar-refractivity contribution < 1.29 is 47.6 Å². The largest absolute Gasteiger partial charge is 0.459 e. The molecule has 6 rings (SSSR count). The molecule has 0 unspecified atom stereocenters. The first kappa shape index (κ1) is 57.3. The van der Waals surface area contributed by atoms with Crippen molar-refractivity contribution in [3.8, 4) is 0 Å². The Hall–Kier alpha value is -6.64. The van der Waals surface area contributed by atoms with Gasteiger partial charge in [-0.3, -0.25) is 0 Å². The monoisotopic (exact) mass is 1000 g/mol. The summed E-state index contributed by atoms with van der Waals surface area (Å²) in [5.74, 6) is -1.62. The standard InChI is InChI=1S/C30H40N2O5.C29H38N2O5/c1-2-3-4-5-6-17-35-27-12-14-28(15-13-27)37-30(34)24-10-7-22(8-11-24)9-16-29(33)36-21-23-18-25(31)20-26(32)19-23;1-2-3-4-5-16-34-26-11-13-27(14-12-26)36-29(33)23-9-6-21(7-10-23)8-15-28(32)35-20-22-17-24(30)19-25(31)18-22/h7-11,16,18-20,27-28H,2-6,12-15,17,21,31-32H2,1H3;6-10,15,17-19,26-27H,2-5,11-14,16,20,30-31H2,1H3/b16-9+;15-8+. The number of hydrogen-bond donors (Lipinski definition) is 4. The number of benzene rings is 4.